The van der Waals surface area contributed by atoms with E-state index in [1.165, 1.54) is 73.8 Å². The standard InChI is InChI=1S/C71H113F5N12O12/c1-12-44(4)60-67(98)82(7)41-57(91)80(5)42-58(92)84(9)53(38-45-23-15-13-16-24-45)65(96)81(6)40-55(89)77-50(29-28-46-36-48(72)59(49(73)37-46)71(74,75)76)64(95)88-34-21-27-51(88)63(94)79-70(30-22-31-70)69(100)86(11)61(47-25-17-14-18-26-47)68(99)85(10)54(66(97)87-32-19-20-33-87)39-56(90)83(8)52(35-43(2)3)62(93)78-60/h43-54,59-61H,12-42H2,1-11H3,(H,77,89)(H,78,93)(H,79,94)/t44-,46?,48?,49?,50-,51-,52-,53-,54-,59?,60-,61-/m0/s1. The highest BCUT2D eigenvalue weighted by atomic mass is 19.4. The van der Waals surface area contributed by atoms with Gasteiger partial charge in [-0.25, -0.2) is 8.78 Å². The Morgan fingerprint density at radius 2 is 1.15 bits per heavy atom. The number of nitrogens with zero attached hydrogens (tertiary/aromatic N) is 9. The molecule has 7 rings (SSSR count). The molecule has 564 valence electrons. The molecule has 12 amide bonds. The molecular weight excluding hydrogens is 1310 g/mol. The summed E-state index contributed by atoms with van der Waals surface area (Å²) in [5.74, 6) is -13.1. The molecule has 4 aliphatic carbocycles. The van der Waals surface area contributed by atoms with E-state index in [0.717, 1.165) is 66.1 Å². The zero-order valence-electron chi connectivity index (χ0n) is 60.9. The van der Waals surface area contributed by atoms with Gasteiger partial charge in [-0.05, 0) is 126 Å². The first-order valence-electron chi connectivity index (χ1n) is 36.8. The number of carbonyl (C=O) groups is 12. The van der Waals surface area contributed by atoms with Gasteiger partial charge in [0.05, 0.1) is 26.1 Å². The molecule has 4 saturated carbocycles. The van der Waals surface area contributed by atoms with Gasteiger partial charge < -0.3 is 60.0 Å². The van der Waals surface area contributed by atoms with E-state index in [1.54, 1.807) is 11.8 Å². The molecule has 1 spiro atoms. The Kier molecular flexibility index (Phi) is 28.6. The summed E-state index contributed by atoms with van der Waals surface area (Å²) in [5.41, 5.74) is -1.58. The maximum Gasteiger partial charge on any atom is 0.397 e. The molecule has 3 N–H and O–H groups in total. The fourth-order valence-corrected chi connectivity index (χ4v) is 16.3. The van der Waals surface area contributed by atoms with Crippen LogP contribution in [0.25, 0.3) is 0 Å². The highest BCUT2D eigenvalue weighted by Crippen LogP contribution is 2.45. The van der Waals surface area contributed by atoms with Gasteiger partial charge in [0.1, 0.15) is 66.1 Å². The SMILES string of the molecule is CC[C@H](C)[C@@H]1NC(=O)[C@H](CC(C)C)N(C)C(=O)C[C@@H](C(=O)N2CCCC2)N(C)C(=O)[C@H](C2CCCCC2)N(C)C(=O)C2(CCC2)NC(=O)[C@@H]2CCCN2C(=O)[C@H](CCC2CC(F)C(C(F)(F)F)C(F)C2)NC(=O)CN(C)C(=O)[C@H](CC2CCCCC2)N(C)C(=O)CN(C)C(=O)CN(C)C1=O. The number of hydrogen-bond acceptors (Lipinski definition) is 12. The van der Waals surface area contributed by atoms with Crippen molar-refractivity contribution >= 4 is 70.9 Å². The molecule has 10 atom stereocenters. The average Bonchev–Trinajstić information content (AvgIpc) is 1.05. The van der Waals surface area contributed by atoms with Crippen molar-refractivity contribution in [3.8, 4) is 0 Å². The molecule has 7 aliphatic rings. The summed E-state index contributed by atoms with van der Waals surface area (Å²) >= 11 is 0. The lowest BCUT2D eigenvalue weighted by Crippen LogP contribution is -2.68. The van der Waals surface area contributed by atoms with Crippen LogP contribution in [0, 0.1) is 35.5 Å². The second kappa shape index (κ2) is 35.5. The number of nitrogens with one attached hydrogen (secondary N) is 3. The molecule has 7 fully saturated rings. The van der Waals surface area contributed by atoms with Crippen molar-refractivity contribution in [3.63, 3.8) is 0 Å². The molecular formula is C71H113F5N12O12. The zero-order valence-corrected chi connectivity index (χ0v) is 60.9. The van der Waals surface area contributed by atoms with E-state index in [2.05, 4.69) is 16.0 Å². The van der Waals surface area contributed by atoms with Gasteiger partial charge in [0.25, 0.3) is 0 Å². The predicted octanol–water partition coefficient (Wildman–Crippen LogP) is 5.38. The molecule has 24 nitrogen and oxygen atoms in total. The van der Waals surface area contributed by atoms with Gasteiger partial charge in [-0.2, -0.15) is 13.2 Å². The molecule has 2 unspecified atom stereocenters. The van der Waals surface area contributed by atoms with E-state index in [0.29, 0.717) is 51.6 Å². The molecule has 0 bridgehead atoms. The van der Waals surface area contributed by atoms with E-state index in [9.17, 15) is 51.5 Å². The fourth-order valence-electron chi connectivity index (χ4n) is 16.3. The normalized spacial score (nSPS) is 30.6. The maximum atomic E-state index is 15.7. The van der Waals surface area contributed by atoms with Crippen LogP contribution in [-0.4, -0.2) is 270 Å². The fraction of sp³-hybridized carbons (Fsp3) is 0.831. The minimum Gasteiger partial charge on any atom is -0.343 e. The van der Waals surface area contributed by atoms with Crippen LogP contribution in [0.1, 0.15) is 188 Å². The summed E-state index contributed by atoms with van der Waals surface area (Å²) < 4.78 is 72.1. The topological polar surface area (TPSA) is 270 Å². The summed E-state index contributed by atoms with van der Waals surface area (Å²) in [6.45, 7) is 6.20. The van der Waals surface area contributed by atoms with Crippen LogP contribution in [0.3, 0.4) is 0 Å². The van der Waals surface area contributed by atoms with E-state index in [1.807, 2.05) is 20.8 Å². The van der Waals surface area contributed by atoms with Gasteiger partial charge >= 0.3 is 6.18 Å². The van der Waals surface area contributed by atoms with E-state index in [-0.39, 0.29) is 69.7 Å². The molecule has 0 radical (unpaired) electrons. The Balaban J connectivity index is 1.26. The zero-order chi connectivity index (χ0) is 73.8. The van der Waals surface area contributed by atoms with Crippen molar-refractivity contribution in [2.75, 3.05) is 88.6 Å². The van der Waals surface area contributed by atoms with E-state index >= 15 is 28.0 Å². The Bertz CT molecular complexity index is 2910. The van der Waals surface area contributed by atoms with Crippen LogP contribution in [0.5, 0.6) is 0 Å². The molecule has 0 aromatic heterocycles. The van der Waals surface area contributed by atoms with Crippen molar-refractivity contribution in [2.24, 2.45) is 35.5 Å². The van der Waals surface area contributed by atoms with Crippen molar-refractivity contribution in [1.29, 1.82) is 0 Å². The maximum absolute atomic E-state index is 15.7. The summed E-state index contributed by atoms with van der Waals surface area (Å²) in [6.07, 6.45) is -2.02. The van der Waals surface area contributed by atoms with Gasteiger partial charge in [-0.3, -0.25) is 57.5 Å². The Morgan fingerprint density at radius 3 is 1.72 bits per heavy atom. The lowest BCUT2D eigenvalue weighted by Gasteiger charge is -2.47. The van der Waals surface area contributed by atoms with Crippen LogP contribution in [-0.2, 0) is 57.5 Å². The van der Waals surface area contributed by atoms with Crippen molar-refractivity contribution in [1.82, 2.24) is 60.0 Å². The number of alkyl halides is 5. The van der Waals surface area contributed by atoms with Gasteiger partial charge in [0, 0.05) is 69.0 Å². The third-order valence-electron chi connectivity index (χ3n) is 22.9. The number of carbonyl (C=O) groups excluding carboxylic acids is 12. The third-order valence-corrected chi connectivity index (χ3v) is 22.9. The summed E-state index contributed by atoms with van der Waals surface area (Å²) in [7, 11) is 9.81. The highest BCUT2D eigenvalue weighted by Gasteiger charge is 2.55. The second-order valence-corrected chi connectivity index (χ2v) is 30.6. The van der Waals surface area contributed by atoms with Crippen LogP contribution >= 0.6 is 0 Å². The molecule has 0 aromatic rings. The molecule has 3 saturated heterocycles. The number of amides is 12. The summed E-state index contributed by atoms with van der Waals surface area (Å²) in [4.78, 5) is 189. The number of likely N-dealkylation sites (tertiary alicyclic amines) is 1. The van der Waals surface area contributed by atoms with Gasteiger partial charge in [-0.1, -0.05) is 85.5 Å². The second-order valence-electron chi connectivity index (χ2n) is 30.6. The largest absolute Gasteiger partial charge is 0.397 e. The van der Waals surface area contributed by atoms with Crippen molar-refractivity contribution in [3.05, 3.63) is 0 Å². The lowest BCUT2D eigenvalue weighted by atomic mass is 9.74. The average molecular weight is 1420 g/mol. The quantitative estimate of drug-likeness (QED) is 0.220. The highest BCUT2D eigenvalue weighted by molar-refractivity contribution is 6.01. The van der Waals surface area contributed by atoms with E-state index < -0.39 is 200 Å². The first-order valence-corrected chi connectivity index (χ1v) is 36.8. The Labute approximate surface area is 586 Å². The van der Waals surface area contributed by atoms with Gasteiger partial charge in [-0.15, -0.1) is 0 Å². The van der Waals surface area contributed by atoms with Crippen LogP contribution in [0.15, 0.2) is 0 Å². The molecule has 29 heteroatoms. The number of hydrogen-bond donors (Lipinski definition) is 3. The number of likely N-dealkylation sites (N-methyl/N-ethyl adjacent to an activating group) is 7. The minimum absolute atomic E-state index is 0.0114. The third kappa shape index (κ3) is 19.7. The Morgan fingerprint density at radius 1 is 0.570 bits per heavy atom. The van der Waals surface area contributed by atoms with Gasteiger partial charge in [0.15, 0.2) is 0 Å². The lowest BCUT2D eigenvalue weighted by molar-refractivity contribution is -0.219. The molecule has 3 aliphatic heterocycles. The van der Waals surface area contributed by atoms with Crippen LogP contribution in [0.4, 0.5) is 22.0 Å². The van der Waals surface area contributed by atoms with Gasteiger partial charge in [0.2, 0.25) is 70.9 Å². The monoisotopic (exact) mass is 1420 g/mol. The van der Waals surface area contributed by atoms with Crippen LogP contribution in [0.2, 0.25) is 0 Å². The van der Waals surface area contributed by atoms with Crippen molar-refractivity contribution in [2.45, 2.75) is 255 Å². The number of fused-ring (bicyclic) bond motifs is 1. The minimum atomic E-state index is -5.15. The predicted molar refractivity (Wildman–Crippen MR) is 361 cm³/mol. The van der Waals surface area contributed by atoms with Crippen molar-refractivity contribution < 1.29 is 79.5 Å². The first-order chi connectivity index (χ1) is 47.1. The number of rotatable bonds is 11. The first kappa shape index (κ1) is 80.6. The molecule has 0 aromatic carbocycles. The smallest absolute Gasteiger partial charge is 0.343 e. The molecule has 3 heterocycles. The summed E-state index contributed by atoms with van der Waals surface area (Å²) in [6, 6.07) is -8.97. The summed E-state index contributed by atoms with van der Waals surface area (Å²) in [5, 5.41) is 8.55. The number of halogens is 5. The molecule has 100 heavy (non-hydrogen) atoms. The Hall–Kier alpha value is -6.71. The van der Waals surface area contributed by atoms with Crippen LogP contribution < -0.4 is 16.0 Å². The van der Waals surface area contributed by atoms with E-state index in [4.69, 9.17) is 0 Å².